The highest BCUT2D eigenvalue weighted by atomic mass is 16.5. The van der Waals surface area contributed by atoms with Crippen molar-refractivity contribution in [3.8, 4) is 5.75 Å². The standard InChI is InChI=1S/C17H29N3O2/c1-8-20(11-15(21)19-17(4,5)6)10-14-13(3)16(22-7)12(2)9-18-14/h9H,8,10-11H2,1-7H3,(H,19,21). The van der Waals surface area contributed by atoms with Crippen LogP contribution in [0.4, 0.5) is 0 Å². The van der Waals surface area contributed by atoms with Gasteiger partial charge < -0.3 is 10.1 Å². The Balaban J connectivity index is 2.81. The van der Waals surface area contributed by atoms with Crippen molar-refractivity contribution in [2.75, 3.05) is 20.2 Å². The average molecular weight is 307 g/mol. The number of aryl methyl sites for hydroxylation is 1. The zero-order valence-electron chi connectivity index (χ0n) is 14.9. The lowest BCUT2D eigenvalue weighted by atomic mass is 10.1. The minimum Gasteiger partial charge on any atom is -0.496 e. The van der Waals surface area contributed by atoms with E-state index in [4.69, 9.17) is 4.74 Å². The van der Waals surface area contributed by atoms with Gasteiger partial charge in [-0.1, -0.05) is 6.92 Å². The molecule has 0 saturated heterocycles. The molecule has 124 valence electrons. The number of amides is 1. The molecule has 0 aromatic carbocycles. The fraction of sp³-hybridized carbons (Fsp3) is 0.647. The Kier molecular flexibility index (Phi) is 6.35. The molecule has 0 bridgehead atoms. The third kappa shape index (κ3) is 5.30. The van der Waals surface area contributed by atoms with Crippen molar-refractivity contribution in [1.82, 2.24) is 15.2 Å². The summed E-state index contributed by atoms with van der Waals surface area (Å²) in [7, 11) is 1.67. The molecule has 1 N–H and O–H groups in total. The van der Waals surface area contributed by atoms with E-state index < -0.39 is 0 Å². The zero-order chi connectivity index (χ0) is 16.9. The predicted molar refractivity (Wildman–Crippen MR) is 89.1 cm³/mol. The molecule has 0 unspecified atom stereocenters. The lowest BCUT2D eigenvalue weighted by Crippen LogP contribution is -2.45. The maximum absolute atomic E-state index is 12.1. The molecule has 0 atom stereocenters. The second-order valence-electron chi connectivity index (χ2n) is 6.65. The second kappa shape index (κ2) is 7.58. The highest BCUT2D eigenvalue weighted by Crippen LogP contribution is 2.24. The Labute approximate surface area is 134 Å². The number of nitrogens with zero attached hydrogens (tertiary/aromatic N) is 2. The molecule has 0 radical (unpaired) electrons. The van der Waals surface area contributed by atoms with Crippen molar-refractivity contribution in [3.05, 3.63) is 23.0 Å². The van der Waals surface area contributed by atoms with Gasteiger partial charge in [-0.3, -0.25) is 14.7 Å². The molecule has 1 heterocycles. The normalized spacial score (nSPS) is 11.6. The fourth-order valence-electron chi connectivity index (χ4n) is 2.38. The molecule has 0 spiro atoms. The lowest BCUT2D eigenvalue weighted by molar-refractivity contribution is -0.123. The number of hydrogen-bond acceptors (Lipinski definition) is 4. The van der Waals surface area contributed by atoms with E-state index in [2.05, 4.69) is 15.2 Å². The third-order valence-electron chi connectivity index (χ3n) is 3.45. The SMILES string of the molecule is CCN(CC(=O)NC(C)(C)C)Cc1ncc(C)c(OC)c1C. The van der Waals surface area contributed by atoms with E-state index in [0.29, 0.717) is 13.1 Å². The molecule has 0 aliphatic rings. The van der Waals surface area contributed by atoms with Gasteiger partial charge in [-0.25, -0.2) is 0 Å². The highest BCUT2D eigenvalue weighted by Gasteiger charge is 2.18. The monoisotopic (exact) mass is 307 g/mol. The number of likely N-dealkylation sites (N-methyl/N-ethyl adjacent to an activating group) is 1. The Hall–Kier alpha value is -1.62. The van der Waals surface area contributed by atoms with Crippen LogP contribution in [0.15, 0.2) is 6.20 Å². The number of nitrogens with one attached hydrogen (secondary N) is 1. The molecule has 22 heavy (non-hydrogen) atoms. The molecular formula is C17H29N3O2. The predicted octanol–water partition coefficient (Wildman–Crippen LogP) is 2.44. The quantitative estimate of drug-likeness (QED) is 0.877. The molecule has 1 aromatic heterocycles. The maximum Gasteiger partial charge on any atom is 0.234 e. The van der Waals surface area contributed by atoms with E-state index in [0.717, 1.165) is 29.1 Å². The van der Waals surface area contributed by atoms with E-state index in [1.54, 1.807) is 7.11 Å². The van der Waals surface area contributed by atoms with E-state index in [-0.39, 0.29) is 11.4 Å². The van der Waals surface area contributed by atoms with Crippen molar-refractivity contribution in [2.45, 2.75) is 53.6 Å². The number of rotatable bonds is 6. The van der Waals surface area contributed by atoms with Crippen LogP contribution in [0.25, 0.3) is 0 Å². The van der Waals surface area contributed by atoms with Gasteiger partial charge in [0, 0.05) is 29.4 Å². The van der Waals surface area contributed by atoms with Gasteiger partial charge in [-0.2, -0.15) is 0 Å². The smallest absolute Gasteiger partial charge is 0.234 e. The molecule has 0 saturated carbocycles. The number of ether oxygens (including phenoxy) is 1. The van der Waals surface area contributed by atoms with Gasteiger partial charge in [0.25, 0.3) is 0 Å². The summed E-state index contributed by atoms with van der Waals surface area (Å²) in [5.41, 5.74) is 2.81. The average Bonchev–Trinajstić information content (AvgIpc) is 2.39. The van der Waals surface area contributed by atoms with Crippen molar-refractivity contribution in [3.63, 3.8) is 0 Å². The van der Waals surface area contributed by atoms with Gasteiger partial charge in [-0.05, 0) is 41.2 Å². The molecule has 0 aliphatic carbocycles. The Morgan fingerprint density at radius 1 is 1.36 bits per heavy atom. The van der Waals surface area contributed by atoms with Crippen molar-refractivity contribution < 1.29 is 9.53 Å². The molecule has 1 rings (SSSR count). The maximum atomic E-state index is 12.1. The first kappa shape index (κ1) is 18.4. The van der Waals surface area contributed by atoms with Crippen LogP contribution < -0.4 is 10.1 Å². The summed E-state index contributed by atoms with van der Waals surface area (Å²) >= 11 is 0. The molecule has 5 heteroatoms. The van der Waals surface area contributed by atoms with Crippen molar-refractivity contribution in [1.29, 1.82) is 0 Å². The highest BCUT2D eigenvalue weighted by molar-refractivity contribution is 5.78. The Morgan fingerprint density at radius 3 is 2.50 bits per heavy atom. The first-order valence-corrected chi connectivity index (χ1v) is 7.70. The third-order valence-corrected chi connectivity index (χ3v) is 3.45. The van der Waals surface area contributed by atoms with E-state index >= 15 is 0 Å². The van der Waals surface area contributed by atoms with Crippen LogP contribution in [0.1, 0.15) is 44.5 Å². The number of pyridine rings is 1. The largest absolute Gasteiger partial charge is 0.496 e. The van der Waals surface area contributed by atoms with Crippen LogP contribution >= 0.6 is 0 Å². The topological polar surface area (TPSA) is 54.5 Å². The van der Waals surface area contributed by atoms with Crippen molar-refractivity contribution >= 4 is 5.91 Å². The minimum absolute atomic E-state index is 0.0334. The molecule has 0 fully saturated rings. The number of methoxy groups -OCH3 is 1. The second-order valence-corrected chi connectivity index (χ2v) is 6.65. The van der Waals surface area contributed by atoms with Gasteiger partial charge in [0.05, 0.1) is 19.3 Å². The van der Waals surface area contributed by atoms with Gasteiger partial charge in [0.1, 0.15) is 5.75 Å². The van der Waals surface area contributed by atoms with E-state index in [1.807, 2.05) is 47.7 Å². The Morgan fingerprint density at radius 2 is 2.00 bits per heavy atom. The summed E-state index contributed by atoms with van der Waals surface area (Å²) in [4.78, 5) is 18.7. The van der Waals surface area contributed by atoms with Crippen LogP contribution in [-0.4, -0.2) is 41.5 Å². The summed E-state index contributed by atoms with van der Waals surface area (Å²) in [6.45, 7) is 13.8. The van der Waals surface area contributed by atoms with Crippen LogP contribution in [0, 0.1) is 13.8 Å². The van der Waals surface area contributed by atoms with Gasteiger partial charge >= 0.3 is 0 Å². The molecule has 5 nitrogen and oxygen atoms in total. The zero-order valence-corrected chi connectivity index (χ0v) is 14.9. The minimum atomic E-state index is -0.211. The molecular weight excluding hydrogens is 278 g/mol. The summed E-state index contributed by atoms with van der Waals surface area (Å²) in [5.74, 6) is 0.909. The molecule has 1 amide bonds. The fourth-order valence-corrected chi connectivity index (χ4v) is 2.38. The number of aromatic nitrogens is 1. The number of hydrogen-bond donors (Lipinski definition) is 1. The van der Waals surface area contributed by atoms with Crippen LogP contribution in [0.3, 0.4) is 0 Å². The number of carbonyl (C=O) groups is 1. The van der Waals surface area contributed by atoms with Gasteiger partial charge in [-0.15, -0.1) is 0 Å². The lowest BCUT2D eigenvalue weighted by Gasteiger charge is -2.25. The van der Waals surface area contributed by atoms with Gasteiger partial charge in [0.2, 0.25) is 5.91 Å². The first-order valence-electron chi connectivity index (χ1n) is 7.70. The van der Waals surface area contributed by atoms with Gasteiger partial charge in [0.15, 0.2) is 0 Å². The first-order chi connectivity index (χ1) is 10.2. The summed E-state index contributed by atoms with van der Waals surface area (Å²) in [6.07, 6.45) is 1.82. The molecule has 0 aliphatic heterocycles. The Bertz CT molecular complexity index is 521. The summed E-state index contributed by atoms with van der Waals surface area (Å²) in [6, 6.07) is 0. The number of carbonyl (C=O) groups excluding carboxylic acids is 1. The van der Waals surface area contributed by atoms with Crippen molar-refractivity contribution in [2.24, 2.45) is 0 Å². The van der Waals surface area contributed by atoms with Crippen LogP contribution in [0.2, 0.25) is 0 Å². The van der Waals surface area contributed by atoms with Crippen LogP contribution in [0.5, 0.6) is 5.75 Å². The molecule has 1 aromatic rings. The van der Waals surface area contributed by atoms with E-state index in [9.17, 15) is 4.79 Å². The van der Waals surface area contributed by atoms with Crippen LogP contribution in [-0.2, 0) is 11.3 Å². The van der Waals surface area contributed by atoms with E-state index in [1.165, 1.54) is 0 Å². The summed E-state index contributed by atoms with van der Waals surface area (Å²) in [5, 5.41) is 2.99. The summed E-state index contributed by atoms with van der Waals surface area (Å²) < 4.78 is 5.44.